The zero-order chi connectivity index (χ0) is 21.5. The van der Waals surface area contributed by atoms with Crippen molar-refractivity contribution in [3.8, 4) is 0 Å². The SMILES string of the molecule is O=C1NCC2(CCCCC2)N2C1=CC1C=NC(Nc3ccc(N4CCNCC4)cn3)=NC12. The molecule has 1 aromatic rings. The van der Waals surface area contributed by atoms with Gasteiger partial charge in [0.15, 0.2) is 0 Å². The van der Waals surface area contributed by atoms with Crippen molar-refractivity contribution in [1.29, 1.82) is 0 Å². The van der Waals surface area contributed by atoms with E-state index in [1.54, 1.807) is 0 Å². The molecule has 9 nitrogen and oxygen atoms in total. The third kappa shape index (κ3) is 3.35. The molecule has 2 unspecified atom stereocenters. The van der Waals surface area contributed by atoms with E-state index in [4.69, 9.17) is 4.99 Å². The van der Waals surface area contributed by atoms with E-state index in [0.717, 1.165) is 56.2 Å². The van der Waals surface area contributed by atoms with Crippen molar-refractivity contribution in [2.75, 3.05) is 42.9 Å². The fourth-order valence-electron chi connectivity index (χ4n) is 5.76. The Morgan fingerprint density at radius 2 is 1.97 bits per heavy atom. The summed E-state index contributed by atoms with van der Waals surface area (Å²) in [5.41, 5.74) is 1.87. The Kier molecular flexibility index (Phi) is 4.86. The molecule has 5 aliphatic rings. The van der Waals surface area contributed by atoms with E-state index in [1.165, 1.54) is 19.3 Å². The molecule has 0 aromatic carbocycles. The van der Waals surface area contributed by atoms with Gasteiger partial charge in [-0.1, -0.05) is 19.3 Å². The van der Waals surface area contributed by atoms with Gasteiger partial charge in [0.25, 0.3) is 5.91 Å². The smallest absolute Gasteiger partial charge is 0.267 e. The zero-order valence-corrected chi connectivity index (χ0v) is 18.3. The van der Waals surface area contributed by atoms with Gasteiger partial charge >= 0.3 is 0 Å². The summed E-state index contributed by atoms with van der Waals surface area (Å²) in [6.07, 6.45) is 11.6. The molecule has 1 saturated carbocycles. The first-order chi connectivity index (χ1) is 15.7. The molecule has 1 aromatic heterocycles. The molecule has 1 amide bonds. The summed E-state index contributed by atoms with van der Waals surface area (Å²) in [5.74, 6) is 1.33. The number of nitrogens with one attached hydrogen (secondary N) is 3. The molecule has 0 radical (unpaired) electrons. The highest BCUT2D eigenvalue weighted by Crippen LogP contribution is 2.44. The van der Waals surface area contributed by atoms with Crippen molar-refractivity contribution in [2.24, 2.45) is 15.9 Å². The Balaban J connectivity index is 1.22. The lowest BCUT2D eigenvalue weighted by atomic mass is 9.78. The molecular formula is C23H30N8O. The van der Waals surface area contributed by atoms with Crippen LogP contribution in [0.4, 0.5) is 11.5 Å². The minimum Gasteiger partial charge on any atom is -0.368 e. The van der Waals surface area contributed by atoms with Crippen LogP contribution in [0.2, 0.25) is 0 Å². The highest BCUT2D eigenvalue weighted by Gasteiger charge is 2.52. The predicted molar refractivity (Wildman–Crippen MR) is 125 cm³/mol. The number of aromatic nitrogens is 1. The topological polar surface area (TPSA) is 97.2 Å². The number of aliphatic imine (C=N–C) groups is 2. The first-order valence-electron chi connectivity index (χ1n) is 11.8. The lowest BCUT2D eigenvalue weighted by molar-refractivity contribution is -0.124. The zero-order valence-electron chi connectivity index (χ0n) is 18.3. The van der Waals surface area contributed by atoms with E-state index in [-0.39, 0.29) is 23.5 Å². The van der Waals surface area contributed by atoms with Gasteiger partial charge in [0, 0.05) is 38.9 Å². The Morgan fingerprint density at radius 3 is 2.75 bits per heavy atom. The van der Waals surface area contributed by atoms with Gasteiger partial charge in [-0.15, -0.1) is 0 Å². The van der Waals surface area contributed by atoms with Crippen molar-refractivity contribution in [2.45, 2.75) is 43.8 Å². The first-order valence-corrected chi connectivity index (χ1v) is 11.8. The number of guanidine groups is 1. The van der Waals surface area contributed by atoms with Crippen LogP contribution in [-0.4, -0.2) is 72.4 Å². The number of nitrogens with zero attached hydrogens (tertiary/aromatic N) is 5. The molecule has 32 heavy (non-hydrogen) atoms. The maximum absolute atomic E-state index is 12.6. The number of fused-ring (bicyclic) bond motifs is 4. The molecule has 168 valence electrons. The maximum Gasteiger partial charge on any atom is 0.267 e. The van der Waals surface area contributed by atoms with E-state index >= 15 is 0 Å². The number of hydrogen-bond acceptors (Lipinski definition) is 8. The minimum atomic E-state index is -0.116. The minimum absolute atomic E-state index is 0.0128. The third-order valence-electron chi connectivity index (χ3n) is 7.42. The van der Waals surface area contributed by atoms with Crippen LogP contribution in [0.1, 0.15) is 32.1 Å². The average molecular weight is 435 g/mol. The van der Waals surface area contributed by atoms with Gasteiger partial charge < -0.3 is 25.8 Å². The highest BCUT2D eigenvalue weighted by atomic mass is 16.2. The number of amides is 1. The van der Waals surface area contributed by atoms with E-state index in [2.05, 4.69) is 41.8 Å². The normalized spacial score (nSPS) is 28.6. The molecule has 3 N–H and O–H groups in total. The van der Waals surface area contributed by atoms with Crippen molar-refractivity contribution in [3.63, 3.8) is 0 Å². The number of pyridine rings is 1. The molecule has 9 heteroatoms. The van der Waals surface area contributed by atoms with Crippen LogP contribution in [0.15, 0.2) is 40.1 Å². The van der Waals surface area contributed by atoms with Crippen molar-refractivity contribution < 1.29 is 4.79 Å². The Hall–Kier alpha value is -2.94. The summed E-state index contributed by atoms with van der Waals surface area (Å²) in [4.78, 5) is 31.4. The fourth-order valence-corrected chi connectivity index (χ4v) is 5.76. The van der Waals surface area contributed by atoms with Gasteiger partial charge in [0.2, 0.25) is 5.96 Å². The van der Waals surface area contributed by atoms with Crippen LogP contribution < -0.4 is 20.9 Å². The summed E-state index contributed by atoms with van der Waals surface area (Å²) >= 11 is 0. The number of carbonyl (C=O) groups is 1. The van der Waals surface area contributed by atoms with Crippen molar-refractivity contribution in [1.82, 2.24) is 20.5 Å². The summed E-state index contributed by atoms with van der Waals surface area (Å²) in [6, 6.07) is 4.08. The van der Waals surface area contributed by atoms with Gasteiger partial charge in [0.05, 0.1) is 23.3 Å². The van der Waals surface area contributed by atoms with Gasteiger partial charge in [-0.25, -0.2) is 15.0 Å². The maximum atomic E-state index is 12.6. The second kappa shape index (κ2) is 7.88. The second-order valence-corrected chi connectivity index (χ2v) is 9.38. The molecule has 2 saturated heterocycles. The third-order valence-corrected chi connectivity index (χ3v) is 7.42. The van der Waals surface area contributed by atoms with Crippen LogP contribution in [-0.2, 0) is 4.79 Å². The monoisotopic (exact) mass is 434 g/mol. The predicted octanol–water partition coefficient (Wildman–Crippen LogP) is 1.32. The fraction of sp³-hybridized carbons (Fsp3) is 0.565. The van der Waals surface area contributed by atoms with Crippen LogP contribution in [0.5, 0.6) is 0 Å². The Bertz CT molecular complexity index is 972. The Labute approximate surface area is 188 Å². The molecule has 3 fully saturated rings. The van der Waals surface area contributed by atoms with Crippen LogP contribution in [0, 0.1) is 5.92 Å². The van der Waals surface area contributed by atoms with Gasteiger partial charge in [-0.2, -0.15) is 0 Å². The lowest BCUT2D eigenvalue weighted by Gasteiger charge is -2.51. The van der Waals surface area contributed by atoms with Crippen molar-refractivity contribution in [3.05, 3.63) is 30.1 Å². The largest absolute Gasteiger partial charge is 0.368 e. The van der Waals surface area contributed by atoms with Crippen LogP contribution >= 0.6 is 0 Å². The molecule has 4 aliphatic heterocycles. The molecule has 1 spiro atoms. The summed E-state index contributed by atoms with van der Waals surface area (Å²) < 4.78 is 0. The van der Waals surface area contributed by atoms with E-state index in [0.29, 0.717) is 12.5 Å². The average Bonchev–Trinajstić information content (AvgIpc) is 3.24. The number of carbonyl (C=O) groups excluding carboxylic acids is 1. The molecule has 6 rings (SSSR count). The second-order valence-electron chi connectivity index (χ2n) is 9.38. The van der Waals surface area contributed by atoms with Crippen LogP contribution in [0.25, 0.3) is 0 Å². The van der Waals surface area contributed by atoms with Gasteiger partial charge in [-0.3, -0.25) is 4.79 Å². The van der Waals surface area contributed by atoms with Crippen molar-refractivity contribution >= 4 is 29.6 Å². The summed E-state index contributed by atoms with van der Waals surface area (Å²) in [7, 11) is 0. The number of hydrogen-bond donors (Lipinski definition) is 3. The standard InChI is InChI=1S/C23H30N8O/c32-21-18-12-16-13-26-22(28-19-5-4-17(14-25-19)30-10-8-24-9-11-30)29-20(16)31(18)23(15-27-21)6-2-1-3-7-23/h4-5,12-14,16,20,24H,1-3,6-11,15H2,(H,27,32)(H,25,28,29). The van der Waals surface area contributed by atoms with Gasteiger partial charge in [-0.05, 0) is 31.1 Å². The number of piperazine rings is 2. The quantitative estimate of drug-likeness (QED) is 0.650. The lowest BCUT2D eigenvalue weighted by Crippen LogP contribution is -2.64. The van der Waals surface area contributed by atoms with E-state index in [9.17, 15) is 4.79 Å². The number of rotatable bonds is 2. The molecule has 1 aliphatic carbocycles. The molecular weight excluding hydrogens is 404 g/mol. The Morgan fingerprint density at radius 1 is 1.12 bits per heavy atom. The molecule has 2 atom stereocenters. The van der Waals surface area contributed by atoms with E-state index in [1.807, 2.05) is 24.6 Å². The highest BCUT2D eigenvalue weighted by molar-refractivity contribution is 6.01. The number of anilines is 2. The molecule has 5 heterocycles. The summed E-state index contributed by atoms with van der Waals surface area (Å²) in [6.45, 7) is 4.70. The van der Waals surface area contributed by atoms with Crippen LogP contribution in [0.3, 0.4) is 0 Å². The molecule has 0 bridgehead atoms. The summed E-state index contributed by atoms with van der Waals surface area (Å²) in [5, 5.41) is 9.79. The van der Waals surface area contributed by atoms with E-state index < -0.39 is 0 Å². The first kappa shape index (κ1) is 19.7. The van der Waals surface area contributed by atoms with Gasteiger partial charge in [0.1, 0.15) is 17.7 Å².